The SMILES string of the molecule is CN(C)C1CCN(C(=O)C[C@@H](Cc2ccccc2)C(=O)OCc2ccccc2)CC1. The van der Waals surface area contributed by atoms with Crippen molar-refractivity contribution in [3.05, 3.63) is 71.8 Å². The Labute approximate surface area is 179 Å². The van der Waals surface area contributed by atoms with E-state index in [9.17, 15) is 9.59 Å². The fourth-order valence-electron chi connectivity index (χ4n) is 3.96. The first-order valence-corrected chi connectivity index (χ1v) is 10.7. The van der Waals surface area contributed by atoms with Crippen molar-refractivity contribution < 1.29 is 14.3 Å². The Balaban J connectivity index is 1.62. The number of likely N-dealkylation sites (tertiary alicyclic amines) is 1. The lowest BCUT2D eigenvalue weighted by Crippen LogP contribution is -2.45. The number of hydrogen-bond acceptors (Lipinski definition) is 4. The number of rotatable bonds is 8. The van der Waals surface area contributed by atoms with E-state index < -0.39 is 5.92 Å². The van der Waals surface area contributed by atoms with Crippen molar-refractivity contribution in [3.63, 3.8) is 0 Å². The molecule has 0 radical (unpaired) electrons. The molecule has 1 fully saturated rings. The molecule has 1 saturated heterocycles. The Morgan fingerprint density at radius 1 is 0.967 bits per heavy atom. The standard InChI is InChI=1S/C25H32N2O3/c1-26(2)23-13-15-27(16-14-23)24(28)18-22(17-20-9-5-3-6-10-20)25(29)30-19-21-11-7-4-8-12-21/h3-12,22-23H,13-19H2,1-2H3/t22-/m1/s1. The lowest BCUT2D eigenvalue weighted by atomic mass is 9.94. The van der Waals surface area contributed by atoms with Crippen LogP contribution in [0.3, 0.4) is 0 Å². The summed E-state index contributed by atoms with van der Waals surface area (Å²) < 4.78 is 5.58. The van der Waals surface area contributed by atoms with Crippen molar-refractivity contribution in [1.29, 1.82) is 0 Å². The van der Waals surface area contributed by atoms with Crippen LogP contribution in [0.15, 0.2) is 60.7 Å². The molecule has 1 amide bonds. The summed E-state index contributed by atoms with van der Waals surface area (Å²) in [4.78, 5) is 30.0. The molecule has 2 aromatic rings. The van der Waals surface area contributed by atoms with Gasteiger partial charge in [0.15, 0.2) is 0 Å². The molecule has 0 bridgehead atoms. The van der Waals surface area contributed by atoms with Gasteiger partial charge < -0.3 is 14.5 Å². The largest absolute Gasteiger partial charge is 0.461 e. The summed E-state index contributed by atoms with van der Waals surface area (Å²) in [6.07, 6.45) is 2.64. The molecule has 1 aliphatic heterocycles. The van der Waals surface area contributed by atoms with Crippen LogP contribution in [0.25, 0.3) is 0 Å². The van der Waals surface area contributed by atoms with Gasteiger partial charge in [-0.25, -0.2) is 0 Å². The molecule has 1 heterocycles. The summed E-state index contributed by atoms with van der Waals surface area (Å²) in [5.74, 6) is -0.737. The van der Waals surface area contributed by atoms with E-state index >= 15 is 0 Å². The molecule has 1 atom stereocenters. The van der Waals surface area contributed by atoms with Crippen molar-refractivity contribution >= 4 is 11.9 Å². The van der Waals surface area contributed by atoms with Crippen LogP contribution in [-0.2, 0) is 27.4 Å². The molecule has 2 aromatic carbocycles. The Morgan fingerprint density at radius 2 is 1.53 bits per heavy atom. The molecule has 0 aliphatic carbocycles. The van der Waals surface area contributed by atoms with Gasteiger partial charge in [-0.2, -0.15) is 0 Å². The average Bonchev–Trinajstić information content (AvgIpc) is 2.78. The van der Waals surface area contributed by atoms with E-state index in [1.54, 1.807) is 0 Å². The van der Waals surface area contributed by atoms with Crippen molar-refractivity contribution in [1.82, 2.24) is 9.80 Å². The van der Waals surface area contributed by atoms with E-state index in [0.717, 1.165) is 37.1 Å². The van der Waals surface area contributed by atoms with Gasteiger partial charge in [-0.05, 0) is 44.5 Å². The van der Waals surface area contributed by atoms with Crippen LogP contribution < -0.4 is 0 Å². The van der Waals surface area contributed by atoms with E-state index in [2.05, 4.69) is 19.0 Å². The number of benzene rings is 2. The van der Waals surface area contributed by atoms with Crippen LogP contribution in [-0.4, -0.2) is 54.9 Å². The molecule has 0 spiro atoms. The Bertz CT molecular complexity index is 800. The molecule has 160 valence electrons. The summed E-state index contributed by atoms with van der Waals surface area (Å²) in [7, 11) is 4.17. The summed E-state index contributed by atoms with van der Waals surface area (Å²) in [5, 5.41) is 0. The van der Waals surface area contributed by atoms with E-state index in [0.29, 0.717) is 12.5 Å². The number of nitrogens with zero attached hydrogens (tertiary/aromatic N) is 2. The lowest BCUT2D eigenvalue weighted by molar-refractivity contribution is -0.153. The van der Waals surface area contributed by atoms with Gasteiger partial charge in [0.2, 0.25) is 5.91 Å². The molecule has 30 heavy (non-hydrogen) atoms. The number of piperidine rings is 1. The number of hydrogen-bond donors (Lipinski definition) is 0. The van der Waals surface area contributed by atoms with Crippen molar-refractivity contribution in [2.24, 2.45) is 5.92 Å². The minimum atomic E-state index is -0.477. The first-order valence-electron chi connectivity index (χ1n) is 10.7. The summed E-state index contributed by atoms with van der Waals surface area (Å²) in [6, 6.07) is 20.0. The van der Waals surface area contributed by atoms with Crippen LogP contribution >= 0.6 is 0 Å². The molecule has 5 heteroatoms. The van der Waals surface area contributed by atoms with Gasteiger partial charge in [0.1, 0.15) is 6.61 Å². The first kappa shape index (κ1) is 22.0. The minimum absolute atomic E-state index is 0.0461. The van der Waals surface area contributed by atoms with Crippen molar-refractivity contribution in [3.8, 4) is 0 Å². The van der Waals surface area contributed by atoms with Gasteiger partial charge in [0, 0.05) is 25.6 Å². The van der Waals surface area contributed by atoms with Crippen molar-refractivity contribution in [2.45, 2.75) is 38.3 Å². The Hall–Kier alpha value is -2.66. The maximum absolute atomic E-state index is 13.0. The monoisotopic (exact) mass is 408 g/mol. The quantitative estimate of drug-likeness (QED) is 0.627. The van der Waals surface area contributed by atoms with Gasteiger partial charge in [0.25, 0.3) is 0 Å². The molecule has 0 aromatic heterocycles. The summed E-state index contributed by atoms with van der Waals surface area (Å²) >= 11 is 0. The van der Waals surface area contributed by atoms with E-state index in [-0.39, 0.29) is 24.9 Å². The van der Waals surface area contributed by atoms with Gasteiger partial charge >= 0.3 is 5.97 Å². The Kier molecular flexibility index (Phi) is 8.03. The van der Waals surface area contributed by atoms with Crippen LogP contribution in [0.2, 0.25) is 0 Å². The number of carbonyl (C=O) groups excluding carboxylic acids is 2. The molecule has 5 nitrogen and oxygen atoms in total. The zero-order valence-corrected chi connectivity index (χ0v) is 18.0. The third-order valence-electron chi connectivity index (χ3n) is 5.85. The number of ether oxygens (including phenoxy) is 1. The van der Waals surface area contributed by atoms with Gasteiger partial charge in [-0.3, -0.25) is 9.59 Å². The molecule has 1 aliphatic rings. The van der Waals surface area contributed by atoms with E-state index in [1.807, 2.05) is 65.6 Å². The zero-order valence-electron chi connectivity index (χ0n) is 18.0. The summed E-state index contributed by atoms with van der Waals surface area (Å²) in [6.45, 7) is 1.73. The van der Waals surface area contributed by atoms with Crippen LogP contribution in [0.5, 0.6) is 0 Å². The maximum Gasteiger partial charge on any atom is 0.310 e. The van der Waals surface area contributed by atoms with Crippen LogP contribution in [0, 0.1) is 5.92 Å². The number of carbonyl (C=O) groups is 2. The highest BCUT2D eigenvalue weighted by Crippen LogP contribution is 2.20. The lowest BCUT2D eigenvalue weighted by Gasteiger charge is -2.35. The minimum Gasteiger partial charge on any atom is -0.461 e. The molecule has 0 saturated carbocycles. The van der Waals surface area contributed by atoms with Gasteiger partial charge in [-0.15, -0.1) is 0 Å². The van der Waals surface area contributed by atoms with Crippen molar-refractivity contribution in [2.75, 3.05) is 27.2 Å². The molecule has 3 rings (SSSR count). The normalized spacial score (nSPS) is 15.8. The second kappa shape index (κ2) is 10.9. The van der Waals surface area contributed by atoms with Gasteiger partial charge in [-0.1, -0.05) is 60.7 Å². The third-order valence-corrected chi connectivity index (χ3v) is 5.85. The predicted octanol–water partition coefficient (Wildman–Crippen LogP) is 3.53. The predicted molar refractivity (Wildman–Crippen MR) is 118 cm³/mol. The van der Waals surface area contributed by atoms with Crippen LogP contribution in [0.1, 0.15) is 30.4 Å². The number of esters is 1. The molecular weight excluding hydrogens is 376 g/mol. The highest BCUT2D eigenvalue weighted by Gasteiger charge is 2.29. The molecule has 0 unspecified atom stereocenters. The van der Waals surface area contributed by atoms with E-state index in [4.69, 9.17) is 4.74 Å². The Morgan fingerprint density at radius 3 is 2.10 bits per heavy atom. The van der Waals surface area contributed by atoms with E-state index in [1.165, 1.54) is 0 Å². The average molecular weight is 409 g/mol. The topological polar surface area (TPSA) is 49.9 Å². The zero-order chi connectivity index (χ0) is 21.3. The highest BCUT2D eigenvalue weighted by atomic mass is 16.5. The maximum atomic E-state index is 13.0. The fourth-order valence-corrected chi connectivity index (χ4v) is 3.96. The van der Waals surface area contributed by atoms with Gasteiger partial charge in [0.05, 0.1) is 5.92 Å². The summed E-state index contributed by atoms with van der Waals surface area (Å²) in [5.41, 5.74) is 1.99. The smallest absolute Gasteiger partial charge is 0.310 e. The fraction of sp³-hybridized carbons (Fsp3) is 0.440. The number of amides is 1. The second-order valence-corrected chi connectivity index (χ2v) is 8.26. The molecule has 0 N–H and O–H groups in total. The third kappa shape index (κ3) is 6.42. The van der Waals surface area contributed by atoms with Crippen LogP contribution in [0.4, 0.5) is 0 Å². The highest BCUT2D eigenvalue weighted by molar-refractivity contribution is 5.83. The first-order chi connectivity index (χ1) is 14.5. The second-order valence-electron chi connectivity index (χ2n) is 8.26. The molecular formula is C25H32N2O3.